The molecular formula is C24H20N2O2. The number of piperidine rings is 1. The van der Waals surface area contributed by atoms with Crippen LogP contribution < -0.4 is 0 Å². The number of carbonyl (C=O) groups excluding carboxylic acids is 2. The zero-order valence-corrected chi connectivity index (χ0v) is 15.5. The van der Waals surface area contributed by atoms with Gasteiger partial charge < -0.3 is 4.90 Å². The summed E-state index contributed by atoms with van der Waals surface area (Å²) >= 11 is 0. The topological polar surface area (TPSA) is 61.2 Å². The molecule has 1 aliphatic rings. The largest absolute Gasteiger partial charge is 0.338 e. The quantitative estimate of drug-likeness (QED) is 0.642. The highest BCUT2D eigenvalue weighted by molar-refractivity contribution is 6.09. The molecule has 0 saturated carbocycles. The van der Waals surface area contributed by atoms with E-state index in [4.69, 9.17) is 0 Å². The van der Waals surface area contributed by atoms with Crippen LogP contribution in [0.15, 0.2) is 66.7 Å². The van der Waals surface area contributed by atoms with E-state index in [1.165, 1.54) is 0 Å². The molecule has 1 atom stereocenters. The number of nitrogens with zero attached hydrogens (tertiary/aromatic N) is 2. The van der Waals surface area contributed by atoms with Gasteiger partial charge in [0, 0.05) is 24.6 Å². The number of likely N-dealkylation sites (tertiary alicyclic amines) is 1. The Morgan fingerprint density at radius 2 is 1.64 bits per heavy atom. The molecule has 28 heavy (non-hydrogen) atoms. The second-order valence-corrected chi connectivity index (χ2v) is 7.14. The van der Waals surface area contributed by atoms with Gasteiger partial charge in [0.1, 0.15) is 0 Å². The number of fused-ring (bicyclic) bond motifs is 1. The van der Waals surface area contributed by atoms with E-state index < -0.39 is 0 Å². The van der Waals surface area contributed by atoms with Gasteiger partial charge in [-0.1, -0.05) is 54.6 Å². The molecule has 1 heterocycles. The lowest BCUT2D eigenvalue weighted by atomic mass is 9.87. The van der Waals surface area contributed by atoms with Gasteiger partial charge in [-0.05, 0) is 35.7 Å². The normalized spacial score (nSPS) is 16.5. The van der Waals surface area contributed by atoms with E-state index in [2.05, 4.69) is 6.07 Å². The van der Waals surface area contributed by atoms with Crippen LogP contribution in [0.4, 0.5) is 0 Å². The Bertz CT molecular complexity index is 1090. The number of carbonyl (C=O) groups is 2. The van der Waals surface area contributed by atoms with Crippen LogP contribution >= 0.6 is 0 Å². The van der Waals surface area contributed by atoms with Gasteiger partial charge >= 0.3 is 0 Å². The molecular weight excluding hydrogens is 348 g/mol. The standard InChI is InChI=1S/C24H20N2O2/c25-15-18-8-2-4-12-21(18)24(28)26-14-6-10-19(16-26)23(27)22-13-5-9-17-7-1-3-11-20(17)22/h1-5,7-9,11-13,19H,6,10,14,16H2/t19-/m1/s1. The second kappa shape index (κ2) is 7.66. The Morgan fingerprint density at radius 3 is 2.50 bits per heavy atom. The van der Waals surface area contributed by atoms with E-state index in [-0.39, 0.29) is 17.6 Å². The molecule has 0 unspecified atom stereocenters. The summed E-state index contributed by atoms with van der Waals surface area (Å²) < 4.78 is 0. The molecule has 4 rings (SSSR count). The molecule has 1 aliphatic heterocycles. The van der Waals surface area contributed by atoms with Gasteiger partial charge in [-0.2, -0.15) is 5.26 Å². The highest BCUT2D eigenvalue weighted by Crippen LogP contribution is 2.27. The van der Waals surface area contributed by atoms with E-state index in [1.54, 1.807) is 29.2 Å². The highest BCUT2D eigenvalue weighted by atomic mass is 16.2. The fourth-order valence-electron chi connectivity index (χ4n) is 3.97. The number of hydrogen-bond acceptors (Lipinski definition) is 3. The first-order valence-electron chi connectivity index (χ1n) is 9.49. The molecule has 1 saturated heterocycles. The van der Waals surface area contributed by atoms with Gasteiger partial charge in [0.15, 0.2) is 5.78 Å². The number of hydrogen-bond donors (Lipinski definition) is 0. The van der Waals surface area contributed by atoms with Crippen molar-refractivity contribution in [3.8, 4) is 6.07 Å². The molecule has 1 fully saturated rings. The maximum absolute atomic E-state index is 13.3. The van der Waals surface area contributed by atoms with Gasteiger partial charge in [0.2, 0.25) is 0 Å². The lowest BCUT2D eigenvalue weighted by molar-refractivity contribution is 0.0637. The molecule has 0 bridgehead atoms. The number of nitriles is 1. The van der Waals surface area contributed by atoms with E-state index >= 15 is 0 Å². The van der Waals surface area contributed by atoms with Gasteiger partial charge in [-0.3, -0.25) is 9.59 Å². The third-order valence-corrected chi connectivity index (χ3v) is 5.41. The van der Waals surface area contributed by atoms with E-state index in [0.717, 1.165) is 29.2 Å². The van der Waals surface area contributed by atoms with Gasteiger partial charge in [-0.25, -0.2) is 0 Å². The van der Waals surface area contributed by atoms with Crippen LogP contribution in [-0.2, 0) is 0 Å². The van der Waals surface area contributed by atoms with E-state index in [9.17, 15) is 14.9 Å². The Morgan fingerprint density at radius 1 is 0.929 bits per heavy atom. The lowest BCUT2D eigenvalue weighted by Crippen LogP contribution is -2.42. The second-order valence-electron chi connectivity index (χ2n) is 7.14. The summed E-state index contributed by atoms with van der Waals surface area (Å²) in [7, 11) is 0. The fraction of sp³-hybridized carbons (Fsp3) is 0.208. The molecule has 0 aromatic heterocycles. The first kappa shape index (κ1) is 17.9. The molecule has 0 radical (unpaired) electrons. The lowest BCUT2D eigenvalue weighted by Gasteiger charge is -2.32. The molecule has 0 N–H and O–H groups in total. The van der Waals surface area contributed by atoms with E-state index in [0.29, 0.717) is 24.2 Å². The van der Waals surface area contributed by atoms with Crippen molar-refractivity contribution in [3.05, 3.63) is 83.4 Å². The molecule has 0 aliphatic carbocycles. The Kier molecular flexibility index (Phi) is 4.90. The number of amides is 1. The Balaban J connectivity index is 1.59. The molecule has 1 amide bonds. The fourth-order valence-corrected chi connectivity index (χ4v) is 3.97. The third-order valence-electron chi connectivity index (χ3n) is 5.41. The SMILES string of the molecule is N#Cc1ccccc1C(=O)N1CCC[C@@H](C(=O)c2cccc3ccccc23)C1. The Labute approximate surface area is 164 Å². The average molecular weight is 368 g/mol. The summed E-state index contributed by atoms with van der Waals surface area (Å²) in [6.45, 7) is 0.999. The van der Waals surface area contributed by atoms with E-state index in [1.807, 2.05) is 42.5 Å². The Hall–Kier alpha value is -3.45. The summed E-state index contributed by atoms with van der Waals surface area (Å²) in [5.41, 5.74) is 1.49. The van der Waals surface area contributed by atoms with Crippen molar-refractivity contribution in [1.29, 1.82) is 5.26 Å². The van der Waals surface area contributed by atoms with Crippen molar-refractivity contribution in [2.45, 2.75) is 12.8 Å². The summed E-state index contributed by atoms with van der Waals surface area (Å²) in [5, 5.41) is 11.3. The number of Topliss-reactive ketones (excluding diaryl/α,β-unsaturated/α-hetero) is 1. The van der Waals surface area contributed by atoms with Gasteiger partial charge in [0.05, 0.1) is 17.2 Å². The van der Waals surface area contributed by atoms with Crippen molar-refractivity contribution in [2.75, 3.05) is 13.1 Å². The van der Waals surface area contributed by atoms with Gasteiger partial charge in [0.25, 0.3) is 5.91 Å². The first-order chi connectivity index (χ1) is 13.7. The van der Waals surface area contributed by atoms with Crippen LogP contribution in [0, 0.1) is 17.2 Å². The predicted molar refractivity (Wildman–Crippen MR) is 108 cm³/mol. The summed E-state index contributed by atoms with van der Waals surface area (Å²) in [6, 6.07) is 22.6. The van der Waals surface area contributed by atoms with Crippen molar-refractivity contribution in [2.24, 2.45) is 5.92 Å². The van der Waals surface area contributed by atoms with Crippen LogP contribution in [0.3, 0.4) is 0 Å². The summed E-state index contributed by atoms with van der Waals surface area (Å²) in [5.74, 6) is -0.312. The van der Waals surface area contributed by atoms with Crippen LogP contribution in [0.25, 0.3) is 10.8 Å². The minimum Gasteiger partial charge on any atom is -0.338 e. The average Bonchev–Trinajstić information content (AvgIpc) is 2.77. The summed E-state index contributed by atoms with van der Waals surface area (Å²) in [4.78, 5) is 27.9. The molecule has 3 aromatic rings. The summed E-state index contributed by atoms with van der Waals surface area (Å²) in [6.07, 6.45) is 1.55. The van der Waals surface area contributed by atoms with Crippen LogP contribution in [0.5, 0.6) is 0 Å². The highest BCUT2D eigenvalue weighted by Gasteiger charge is 2.30. The molecule has 3 aromatic carbocycles. The molecule has 4 nitrogen and oxygen atoms in total. The third kappa shape index (κ3) is 3.27. The minimum absolute atomic E-state index is 0.0860. The first-order valence-corrected chi connectivity index (χ1v) is 9.49. The van der Waals surface area contributed by atoms with Crippen molar-refractivity contribution in [3.63, 3.8) is 0 Å². The molecule has 0 spiro atoms. The smallest absolute Gasteiger partial charge is 0.255 e. The number of ketones is 1. The van der Waals surface area contributed by atoms with Crippen LogP contribution in [0.1, 0.15) is 39.1 Å². The monoisotopic (exact) mass is 368 g/mol. The minimum atomic E-state index is -0.224. The number of benzene rings is 3. The van der Waals surface area contributed by atoms with Crippen molar-refractivity contribution in [1.82, 2.24) is 4.90 Å². The van der Waals surface area contributed by atoms with Crippen molar-refractivity contribution < 1.29 is 9.59 Å². The molecule has 4 heteroatoms. The van der Waals surface area contributed by atoms with Crippen LogP contribution in [-0.4, -0.2) is 29.7 Å². The zero-order valence-electron chi connectivity index (χ0n) is 15.5. The zero-order chi connectivity index (χ0) is 19.5. The van der Waals surface area contributed by atoms with Crippen molar-refractivity contribution >= 4 is 22.5 Å². The maximum atomic E-state index is 13.3. The number of rotatable bonds is 3. The van der Waals surface area contributed by atoms with Gasteiger partial charge in [-0.15, -0.1) is 0 Å². The van der Waals surface area contributed by atoms with Crippen LogP contribution in [0.2, 0.25) is 0 Å². The maximum Gasteiger partial charge on any atom is 0.255 e. The predicted octanol–water partition coefficient (Wildman–Crippen LogP) is 4.45. The molecule has 138 valence electrons.